The molecular formula is C21H24N4OS2. The van der Waals surface area contributed by atoms with Gasteiger partial charge in [-0.3, -0.25) is 4.79 Å². The minimum absolute atomic E-state index is 0.0338. The van der Waals surface area contributed by atoms with Gasteiger partial charge in [0.2, 0.25) is 11.0 Å². The summed E-state index contributed by atoms with van der Waals surface area (Å²) < 4.78 is 0.760. The number of carbonyl (C=O) groups is 1. The van der Waals surface area contributed by atoms with Crippen LogP contribution in [0.5, 0.6) is 0 Å². The van der Waals surface area contributed by atoms with Crippen LogP contribution >= 0.6 is 23.1 Å². The van der Waals surface area contributed by atoms with Crippen molar-refractivity contribution in [1.82, 2.24) is 10.2 Å². The Labute approximate surface area is 174 Å². The summed E-state index contributed by atoms with van der Waals surface area (Å²) in [7, 11) is 0. The van der Waals surface area contributed by atoms with Crippen molar-refractivity contribution in [3.8, 4) is 0 Å². The molecular weight excluding hydrogens is 388 g/mol. The highest BCUT2D eigenvalue weighted by molar-refractivity contribution is 8.02. The maximum atomic E-state index is 12.7. The van der Waals surface area contributed by atoms with E-state index in [1.54, 1.807) is 0 Å². The molecule has 2 atom stereocenters. The molecule has 0 saturated heterocycles. The normalized spacial score (nSPS) is 13.0. The van der Waals surface area contributed by atoms with E-state index < -0.39 is 0 Å². The van der Waals surface area contributed by atoms with Crippen molar-refractivity contribution in [2.24, 2.45) is 0 Å². The summed E-state index contributed by atoms with van der Waals surface area (Å²) in [6, 6.07) is 17.8. The lowest BCUT2D eigenvalue weighted by Crippen LogP contribution is -2.23. The summed E-state index contributed by atoms with van der Waals surface area (Å²) in [4.78, 5) is 12.7. The molecule has 0 saturated carbocycles. The van der Waals surface area contributed by atoms with E-state index in [9.17, 15) is 4.79 Å². The molecule has 5 nitrogen and oxygen atoms in total. The van der Waals surface area contributed by atoms with Gasteiger partial charge in [-0.15, -0.1) is 10.2 Å². The van der Waals surface area contributed by atoms with Crippen molar-refractivity contribution in [3.05, 3.63) is 60.2 Å². The van der Waals surface area contributed by atoms with Crippen molar-refractivity contribution >= 4 is 45.5 Å². The first-order valence-corrected chi connectivity index (χ1v) is 11.0. The quantitative estimate of drug-likeness (QED) is 0.450. The fourth-order valence-corrected chi connectivity index (χ4v) is 4.57. The Kier molecular flexibility index (Phi) is 7.06. The first-order valence-electron chi connectivity index (χ1n) is 9.28. The van der Waals surface area contributed by atoms with Crippen LogP contribution in [0.2, 0.25) is 0 Å². The van der Waals surface area contributed by atoms with Gasteiger partial charge in [0.25, 0.3) is 0 Å². The second-order valence-electron chi connectivity index (χ2n) is 6.51. The molecule has 7 heteroatoms. The second kappa shape index (κ2) is 9.71. The Balaban J connectivity index is 1.61. The van der Waals surface area contributed by atoms with Crippen molar-refractivity contribution in [1.29, 1.82) is 0 Å². The van der Waals surface area contributed by atoms with E-state index in [0.29, 0.717) is 11.0 Å². The van der Waals surface area contributed by atoms with Crippen LogP contribution in [0.25, 0.3) is 0 Å². The monoisotopic (exact) mass is 412 g/mol. The fraction of sp³-hybridized carbons (Fsp3) is 0.286. The lowest BCUT2D eigenvalue weighted by atomic mass is 9.97. The van der Waals surface area contributed by atoms with Crippen LogP contribution in [0.3, 0.4) is 0 Å². The Bertz CT molecular complexity index is 914. The molecule has 0 bridgehead atoms. The molecule has 28 heavy (non-hydrogen) atoms. The zero-order valence-electron chi connectivity index (χ0n) is 16.2. The number of nitrogens with one attached hydrogen (secondary N) is 2. The maximum Gasteiger partial charge on any atom is 0.237 e. The number of hydrogen-bond acceptors (Lipinski definition) is 6. The summed E-state index contributed by atoms with van der Waals surface area (Å²) in [6.45, 7) is 6.21. The van der Waals surface area contributed by atoms with E-state index >= 15 is 0 Å². The average molecular weight is 413 g/mol. The zero-order chi connectivity index (χ0) is 19.9. The van der Waals surface area contributed by atoms with Gasteiger partial charge < -0.3 is 10.6 Å². The third-order valence-corrected chi connectivity index (χ3v) is 6.46. The molecule has 3 aromatic rings. The first-order chi connectivity index (χ1) is 13.6. The summed E-state index contributed by atoms with van der Waals surface area (Å²) in [5.74, 6) is 0.364. The predicted molar refractivity (Wildman–Crippen MR) is 119 cm³/mol. The molecule has 0 aliphatic heterocycles. The SMILES string of the molecule is CC[C@@H](C)c1ccccc1NC(=O)[C@H](C)Sc1nnc(Nc2ccccc2)s1. The highest BCUT2D eigenvalue weighted by Crippen LogP contribution is 2.32. The van der Waals surface area contributed by atoms with E-state index in [0.717, 1.165) is 22.1 Å². The molecule has 2 aromatic carbocycles. The summed E-state index contributed by atoms with van der Waals surface area (Å²) in [6.07, 6.45) is 1.03. The van der Waals surface area contributed by atoms with Crippen LogP contribution in [-0.4, -0.2) is 21.4 Å². The number of nitrogens with zero attached hydrogens (tertiary/aromatic N) is 2. The van der Waals surface area contributed by atoms with Gasteiger partial charge in [-0.25, -0.2) is 0 Å². The molecule has 0 aliphatic carbocycles. The Hall–Kier alpha value is -2.38. The molecule has 2 N–H and O–H groups in total. The minimum atomic E-state index is -0.275. The van der Waals surface area contributed by atoms with E-state index in [4.69, 9.17) is 0 Å². The number of benzene rings is 2. The number of carbonyl (C=O) groups excluding carboxylic acids is 1. The van der Waals surface area contributed by atoms with Gasteiger partial charge in [-0.2, -0.15) is 0 Å². The number of rotatable bonds is 8. The van der Waals surface area contributed by atoms with Gasteiger partial charge in [0.15, 0.2) is 4.34 Å². The molecule has 146 valence electrons. The highest BCUT2D eigenvalue weighted by atomic mass is 32.2. The number of hydrogen-bond donors (Lipinski definition) is 2. The van der Waals surface area contributed by atoms with Crippen molar-refractivity contribution in [2.75, 3.05) is 10.6 Å². The molecule has 0 radical (unpaired) electrons. The standard InChI is InChI=1S/C21H24N4OS2/c1-4-14(2)17-12-8-9-13-18(17)23-19(26)15(3)27-21-25-24-20(28-21)22-16-10-6-5-7-11-16/h5-15H,4H2,1-3H3,(H,22,24)(H,23,26)/t14-,15+/m1/s1. The Morgan fingerprint density at radius 2 is 1.79 bits per heavy atom. The largest absolute Gasteiger partial charge is 0.330 e. The summed E-state index contributed by atoms with van der Waals surface area (Å²) >= 11 is 2.86. The van der Waals surface area contributed by atoms with Crippen molar-refractivity contribution in [3.63, 3.8) is 0 Å². The topological polar surface area (TPSA) is 66.9 Å². The van der Waals surface area contributed by atoms with Crippen molar-refractivity contribution < 1.29 is 4.79 Å². The van der Waals surface area contributed by atoms with Gasteiger partial charge in [0, 0.05) is 11.4 Å². The highest BCUT2D eigenvalue weighted by Gasteiger charge is 2.19. The summed E-state index contributed by atoms with van der Waals surface area (Å²) in [5.41, 5.74) is 3.02. The molecule has 0 unspecified atom stereocenters. The van der Waals surface area contributed by atoms with Crippen LogP contribution in [0.4, 0.5) is 16.5 Å². The van der Waals surface area contributed by atoms with Gasteiger partial charge in [-0.05, 0) is 43.0 Å². The van der Waals surface area contributed by atoms with Crippen LogP contribution in [0, 0.1) is 0 Å². The molecule has 1 heterocycles. The molecule has 1 amide bonds. The molecule has 0 aliphatic rings. The molecule has 3 rings (SSSR count). The van der Waals surface area contributed by atoms with E-state index in [2.05, 4.69) is 40.7 Å². The third kappa shape index (κ3) is 5.33. The minimum Gasteiger partial charge on any atom is -0.330 e. The number of aromatic nitrogens is 2. The van der Waals surface area contributed by atoms with Crippen LogP contribution < -0.4 is 10.6 Å². The van der Waals surface area contributed by atoms with Crippen LogP contribution in [0.15, 0.2) is 58.9 Å². The van der Waals surface area contributed by atoms with Crippen LogP contribution in [-0.2, 0) is 4.79 Å². The van der Waals surface area contributed by atoms with Gasteiger partial charge in [0.1, 0.15) is 0 Å². The molecule has 0 spiro atoms. The van der Waals surface area contributed by atoms with Gasteiger partial charge in [0.05, 0.1) is 5.25 Å². The summed E-state index contributed by atoms with van der Waals surface area (Å²) in [5, 5.41) is 15.1. The lowest BCUT2D eigenvalue weighted by molar-refractivity contribution is -0.115. The van der Waals surface area contributed by atoms with Gasteiger partial charge in [-0.1, -0.05) is 73.3 Å². The molecule has 0 fully saturated rings. The number of anilines is 3. The van der Waals surface area contributed by atoms with Crippen LogP contribution in [0.1, 0.15) is 38.7 Å². The molecule has 1 aromatic heterocycles. The number of para-hydroxylation sites is 2. The van der Waals surface area contributed by atoms with E-state index in [1.807, 2.05) is 55.5 Å². The maximum absolute atomic E-state index is 12.7. The average Bonchev–Trinajstić information content (AvgIpc) is 3.15. The fourth-order valence-electron chi connectivity index (χ4n) is 2.65. The first kappa shape index (κ1) is 20.4. The third-order valence-electron chi connectivity index (χ3n) is 4.44. The Morgan fingerprint density at radius 3 is 2.54 bits per heavy atom. The predicted octanol–water partition coefficient (Wildman–Crippen LogP) is 5.91. The zero-order valence-corrected chi connectivity index (χ0v) is 17.8. The smallest absolute Gasteiger partial charge is 0.237 e. The van der Waals surface area contributed by atoms with Gasteiger partial charge >= 0.3 is 0 Å². The van der Waals surface area contributed by atoms with E-state index in [1.165, 1.54) is 28.7 Å². The van der Waals surface area contributed by atoms with Crippen molar-refractivity contribution in [2.45, 2.75) is 42.7 Å². The Morgan fingerprint density at radius 1 is 1.07 bits per heavy atom. The lowest BCUT2D eigenvalue weighted by Gasteiger charge is -2.17. The number of amides is 1. The number of thioether (sulfide) groups is 1. The van der Waals surface area contributed by atoms with E-state index in [-0.39, 0.29) is 11.2 Å². The second-order valence-corrected chi connectivity index (χ2v) is 9.08.